The zero-order chi connectivity index (χ0) is 21.6. The Hall–Kier alpha value is -3.03. The van der Waals surface area contributed by atoms with Crippen molar-refractivity contribution in [1.82, 2.24) is 20.8 Å². The van der Waals surface area contributed by atoms with Gasteiger partial charge in [-0.3, -0.25) is 4.79 Å². The third-order valence-electron chi connectivity index (χ3n) is 5.60. The number of carbonyl (C=O) groups is 1. The van der Waals surface area contributed by atoms with Gasteiger partial charge in [-0.2, -0.15) is 4.98 Å². The van der Waals surface area contributed by atoms with Crippen molar-refractivity contribution in [3.8, 4) is 22.8 Å². The first-order chi connectivity index (χ1) is 15.1. The molecule has 0 saturated carbocycles. The molecule has 3 aromatic rings. The number of rotatable bonds is 8. The number of aliphatic hydroxyl groups is 1. The lowest BCUT2D eigenvalue weighted by molar-refractivity contribution is -0.124. The van der Waals surface area contributed by atoms with E-state index in [1.54, 1.807) is 0 Å². The summed E-state index contributed by atoms with van der Waals surface area (Å²) >= 11 is 0. The molecule has 1 aliphatic rings. The van der Waals surface area contributed by atoms with E-state index in [1.165, 1.54) is 18.4 Å². The number of hydrogen-bond acceptors (Lipinski definition) is 6. The van der Waals surface area contributed by atoms with Gasteiger partial charge in [0.2, 0.25) is 11.7 Å². The maximum absolute atomic E-state index is 12.2. The van der Waals surface area contributed by atoms with Crippen LogP contribution in [0.4, 0.5) is 0 Å². The summed E-state index contributed by atoms with van der Waals surface area (Å²) in [5, 5.41) is 19.8. The SMILES string of the molecule is CCCCc1ccc(-c2nc(-c3ccc(CNC(=O)[C@H]4NCC[C@@H]4O)cc3)no2)cc1. The minimum absolute atomic E-state index is 0.183. The summed E-state index contributed by atoms with van der Waals surface area (Å²) < 4.78 is 5.45. The molecule has 0 bridgehead atoms. The van der Waals surface area contributed by atoms with Crippen LogP contribution in [-0.4, -0.2) is 39.8 Å². The fourth-order valence-corrected chi connectivity index (χ4v) is 3.68. The quantitative estimate of drug-likeness (QED) is 0.518. The molecule has 1 saturated heterocycles. The molecule has 1 aliphatic heterocycles. The number of aromatic nitrogens is 2. The predicted octanol–water partition coefficient (Wildman–Crippen LogP) is 3.09. The number of amides is 1. The van der Waals surface area contributed by atoms with Gasteiger partial charge in [0.05, 0.1) is 6.10 Å². The number of nitrogens with zero attached hydrogens (tertiary/aromatic N) is 2. The third-order valence-corrected chi connectivity index (χ3v) is 5.60. The molecule has 4 rings (SSSR count). The van der Waals surface area contributed by atoms with E-state index in [2.05, 4.69) is 39.8 Å². The topological polar surface area (TPSA) is 100 Å². The van der Waals surface area contributed by atoms with Crippen molar-refractivity contribution >= 4 is 5.91 Å². The van der Waals surface area contributed by atoms with Crippen molar-refractivity contribution in [3.63, 3.8) is 0 Å². The van der Waals surface area contributed by atoms with E-state index in [-0.39, 0.29) is 5.91 Å². The number of hydrogen-bond donors (Lipinski definition) is 3. The van der Waals surface area contributed by atoms with Crippen LogP contribution >= 0.6 is 0 Å². The number of aryl methyl sites for hydroxylation is 1. The van der Waals surface area contributed by atoms with E-state index in [4.69, 9.17) is 4.52 Å². The van der Waals surface area contributed by atoms with Crippen molar-refractivity contribution in [2.45, 2.75) is 51.3 Å². The van der Waals surface area contributed by atoms with Crippen molar-refractivity contribution < 1.29 is 14.4 Å². The molecule has 3 N–H and O–H groups in total. The Bertz CT molecular complexity index is 998. The molecule has 7 nitrogen and oxygen atoms in total. The number of nitrogens with one attached hydrogen (secondary N) is 2. The summed E-state index contributed by atoms with van der Waals surface area (Å²) in [5.74, 6) is 0.840. The van der Waals surface area contributed by atoms with Gasteiger partial charge in [0, 0.05) is 17.7 Å². The highest BCUT2D eigenvalue weighted by molar-refractivity contribution is 5.82. The molecular weight excluding hydrogens is 392 g/mol. The van der Waals surface area contributed by atoms with Gasteiger partial charge in [0.25, 0.3) is 5.89 Å². The summed E-state index contributed by atoms with van der Waals surface area (Å²) in [6, 6.07) is 15.4. The lowest BCUT2D eigenvalue weighted by Crippen LogP contribution is -2.45. The van der Waals surface area contributed by atoms with Crippen LogP contribution in [0.15, 0.2) is 53.1 Å². The van der Waals surface area contributed by atoms with Gasteiger partial charge >= 0.3 is 0 Å². The van der Waals surface area contributed by atoms with Crippen LogP contribution in [0.1, 0.15) is 37.3 Å². The summed E-state index contributed by atoms with van der Waals surface area (Å²) in [4.78, 5) is 16.7. The Morgan fingerprint density at radius 2 is 1.84 bits per heavy atom. The number of unbranched alkanes of at least 4 members (excludes halogenated alkanes) is 1. The summed E-state index contributed by atoms with van der Waals surface area (Å²) in [6.45, 7) is 3.24. The molecule has 7 heteroatoms. The molecule has 31 heavy (non-hydrogen) atoms. The van der Waals surface area contributed by atoms with Crippen molar-refractivity contribution in [2.75, 3.05) is 6.54 Å². The molecule has 2 heterocycles. The van der Waals surface area contributed by atoms with Crippen LogP contribution in [0, 0.1) is 0 Å². The molecule has 1 amide bonds. The zero-order valence-electron chi connectivity index (χ0n) is 17.7. The van der Waals surface area contributed by atoms with Gasteiger partial charge in [-0.05, 0) is 49.1 Å². The van der Waals surface area contributed by atoms with Crippen molar-refractivity contribution in [1.29, 1.82) is 0 Å². The fraction of sp³-hybridized carbons (Fsp3) is 0.375. The van der Waals surface area contributed by atoms with Gasteiger partial charge in [-0.15, -0.1) is 0 Å². The molecule has 0 radical (unpaired) electrons. The number of benzene rings is 2. The van der Waals surface area contributed by atoms with Gasteiger partial charge in [0.15, 0.2) is 0 Å². The Morgan fingerprint density at radius 1 is 1.13 bits per heavy atom. The standard InChI is InChI=1S/C24H28N4O3/c1-2-3-4-16-5-11-19(12-6-16)24-27-22(28-31-24)18-9-7-17(8-10-18)15-26-23(30)21-20(29)13-14-25-21/h5-12,20-21,25,29H,2-4,13-15H2,1H3,(H,26,30)/t20-,21-/m0/s1. The monoisotopic (exact) mass is 420 g/mol. The molecule has 1 fully saturated rings. The summed E-state index contributed by atoms with van der Waals surface area (Å²) in [5.41, 5.74) is 4.01. The van der Waals surface area contributed by atoms with E-state index < -0.39 is 12.1 Å². The minimum atomic E-state index is -0.623. The highest BCUT2D eigenvalue weighted by Gasteiger charge is 2.30. The average molecular weight is 421 g/mol. The van der Waals surface area contributed by atoms with Crippen LogP contribution in [0.25, 0.3) is 22.8 Å². The fourth-order valence-electron chi connectivity index (χ4n) is 3.68. The van der Waals surface area contributed by atoms with Gasteiger partial charge < -0.3 is 20.3 Å². The molecule has 162 valence electrons. The normalized spacial score (nSPS) is 18.3. The number of carbonyl (C=O) groups excluding carboxylic acids is 1. The zero-order valence-corrected chi connectivity index (χ0v) is 17.7. The maximum atomic E-state index is 12.2. The van der Waals surface area contributed by atoms with Crippen LogP contribution in [0.2, 0.25) is 0 Å². The highest BCUT2D eigenvalue weighted by atomic mass is 16.5. The van der Waals surface area contributed by atoms with E-state index in [0.29, 0.717) is 31.2 Å². The Balaban J connectivity index is 1.36. The molecule has 1 aromatic heterocycles. The first kappa shape index (κ1) is 21.2. The Morgan fingerprint density at radius 3 is 2.52 bits per heavy atom. The van der Waals surface area contributed by atoms with E-state index in [1.807, 2.05) is 36.4 Å². The van der Waals surface area contributed by atoms with Gasteiger partial charge in [-0.1, -0.05) is 54.9 Å². The predicted molar refractivity (Wildman–Crippen MR) is 118 cm³/mol. The van der Waals surface area contributed by atoms with Crippen LogP contribution in [-0.2, 0) is 17.8 Å². The summed E-state index contributed by atoms with van der Waals surface area (Å²) in [7, 11) is 0. The van der Waals surface area contributed by atoms with E-state index in [9.17, 15) is 9.90 Å². The highest BCUT2D eigenvalue weighted by Crippen LogP contribution is 2.23. The van der Waals surface area contributed by atoms with Gasteiger partial charge in [0.1, 0.15) is 6.04 Å². The van der Waals surface area contributed by atoms with Crippen molar-refractivity contribution in [3.05, 3.63) is 59.7 Å². The molecular formula is C24H28N4O3. The maximum Gasteiger partial charge on any atom is 0.258 e. The van der Waals surface area contributed by atoms with Gasteiger partial charge in [-0.25, -0.2) is 0 Å². The lowest BCUT2D eigenvalue weighted by atomic mass is 10.1. The minimum Gasteiger partial charge on any atom is -0.391 e. The van der Waals surface area contributed by atoms with Crippen LogP contribution < -0.4 is 10.6 Å². The van der Waals surface area contributed by atoms with E-state index in [0.717, 1.165) is 23.1 Å². The molecule has 2 aromatic carbocycles. The molecule has 0 unspecified atom stereocenters. The third kappa shape index (κ3) is 5.18. The lowest BCUT2D eigenvalue weighted by Gasteiger charge is -2.14. The molecule has 2 atom stereocenters. The summed E-state index contributed by atoms with van der Waals surface area (Å²) in [6.07, 6.45) is 3.42. The van der Waals surface area contributed by atoms with Crippen LogP contribution in [0.3, 0.4) is 0 Å². The molecule has 0 aliphatic carbocycles. The van der Waals surface area contributed by atoms with E-state index >= 15 is 0 Å². The first-order valence-electron chi connectivity index (χ1n) is 10.9. The van der Waals surface area contributed by atoms with Crippen molar-refractivity contribution in [2.24, 2.45) is 0 Å². The van der Waals surface area contributed by atoms with Crippen LogP contribution in [0.5, 0.6) is 0 Å². The number of aliphatic hydroxyl groups excluding tert-OH is 1. The Kier molecular flexibility index (Phi) is 6.74. The first-order valence-corrected chi connectivity index (χ1v) is 10.9. The largest absolute Gasteiger partial charge is 0.391 e. The molecule has 0 spiro atoms. The second kappa shape index (κ2) is 9.85. The Labute approximate surface area is 181 Å². The smallest absolute Gasteiger partial charge is 0.258 e. The second-order valence-electron chi connectivity index (χ2n) is 7.93. The second-order valence-corrected chi connectivity index (χ2v) is 7.93. The average Bonchev–Trinajstić information content (AvgIpc) is 3.46.